The molecule has 4 heteroatoms. The lowest BCUT2D eigenvalue weighted by Crippen LogP contribution is -2.25. The van der Waals surface area contributed by atoms with E-state index in [1.165, 1.54) is 32.1 Å². The minimum Gasteiger partial charge on any atom is -0.462 e. The summed E-state index contributed by atoms with van der Waals surface area (Å²) >= 11 is 0. The first-order valence-electron chi connectivity index (χ1n) is 9.69. The zero-order valence-electron chi connectivity index (χ0n) is 15.3. The van der Waals surface area contributed by atoms with Crippen molar-refractivity contribution in [3.63, 3.8) is 0 Å². The number of carbonyl (C=O) groups is 2. The quantitative estimate of drug-likeness (QED) is 0.403. The van der Waals surface area contributed by atoms with Crippen molar-refractivity contribution in [3.8, 4) is 0 Å². The lowest BCUT2D eigenvalue weighted by atomic mass is 9.96. The molecule has 1 aromatic carbocycles. The number of unbranched alkanes of at least 4 members (excludes halogenated alkanes) is 6. The Morgan fingerprint density at radius 3 is 2.00 bits per heavy atom. The highest BCUT2D eigenvalue weighted by Gasteiger charge is 2.22. The van der Waals surface area contributed by atoms with Crippen LogP contribution in [0.2, 0.25) is 0 Å². The number of benzene rings is 1. The van der Waals surface area contributed by atoms with Crippen molar-refractivity contribution in [2.24, 2.45) is 0 Å². The molecule has 0 aliphatic heterocycles. The lowest BCUT2D eigenvalue weighted by molar-refractivity contribution is 0.00896. The summed E-state index contributed by atoms with van der Waals surface area (Å²) in [7, 11) is 0. The highest BCUT2D eigenvalue weighted by Crippen LogP contribution is 2.23. The predicted molar refractivity (Wildman–Crippen MR) is 97.8 cm³/mol. The van der Waals surface area contributed by atoms with E-state index < -0.39 is 0 Å². The third-order valence-electron chi connectivity index (χ3n) is 4.66. The summed E-state index contributed by atoms with van der Waals surface area (Å²) in [5.74, 6) is -0.641. The summed E-state index contributed by atoms with van der Waals surface area (Å²) in [5, 5.41) is 0. The van der Waals surface area contributed by atoms with E-state index in [9.17, 15) is 9.59 Å². The highest BCUT2D eigenvalue weighted by atomic mass is 16.5. The maximum absolute atomic E-state index is 12.0. The van der Waals surface area contributed by atoms with Gasteiger partial charge in [0.05, 0.1) is 17.7 Å². The van der Waals surface area contributed by atoms with Crippen LogP contribution in [0, 0.1) is 0 Å². The molecule has 1 saturated carbocycles. The molecule has 2 rings (SSSR count). The van der Waals surface area contributed by atoms with Crippen LogP contribution in [0.5, 0.6) is 0 Å². The average molecular weight is 346 g/mol. The van der Waals surface area contributed by atoms with Gasteiger partial charge in [-0.05, 0) is 49.9 Å². The van der Waals surface area contributed by atoms with Crippen LogP contribution in [-0.4, -0.2) is 24.6 Å². The molecule has 0 N–H and O–H groups in total. The monoisotopic (exact) mass is 346 g/mol. The number of ether oxygens (including phenoxy) is 2. The minimum atomic E-state index is -0.329. The minimum absolute atomic E-state index is 0.0686. The molecule has 0 unspecified atom stereocenters. The second-order valence-corrected chi connectivity index (χ2v) is 6.79. The topological polar surface area (TPSA) is 52.6 Å². The van der Waals surface area contributed by atoms with Crippen LogP contribution in [0.4, 0.5) is 0 Å². The largest absolute Gasteiger partial charge is 0.462 e. The smallest absolute Gasteiger partial charge is 0.338 e. The zero-order valence-corrected chi connectivity index (χ0v) is 15.3. The summed E-state index contributed by atoms with van der Waals surface area (Å²) in [6.07, 6.45) is 11.4. The van der Waals surface area contributed by atoms with Gasteiger partial charge in [0.15, 0.2) is 0 Å². The van der Waals surface area contributed by atoms with Crippen molar-refractivity contribution in [1.82, 2.24) is 0 Å². The van der Waals surface area contributed by atoms with Crippen LogP contribution in [-0.2, 0) is 9.47 Å². The van der Waals surface area contributed by atoms with Crippen molar-refractivity contribution >= 4 is 11.9 Å². The van der Waals surface area contributed by atoms with Gasteiger partial charge in [0.25, 0.3) is 0 Å². The van der Waals surface area contributed by atoms with E-state index in [1.54, 1.807) is 24.3 Å². The molecule has 1 aliphatic carbocycles. The number of hydrogen-bond donors (Lipinski definition) is 0. The fourth-order valence-electron chi connectivity index (χ4n) is 2.76. The van der Waals surface area contributed by atoms with Gasteiger partial charge in [-0.2, -0.15) is 0 Å². The SMILES string of the molecule is CCCCCCCCCOC(=O)c1ccc(C(=O)OC2CCC2)cc1. The van der Waals surface area contributed by atoms with Crippen molar-refractivity contribution < 1.29 is 19.1 Å². The molecule has 0 heterocycles. The molecule has 25 heavy (non-hydrogen) atoms. The summed E-state index contributed by atoms with van der Waals surface area (Å²) in [4.78, 5) is 23.9. The summed E-state index contributed by atoms with van der Waals surface area (Å²) in [6, 6.07) is 6.52. The summed E-state index contributed by atoms with van der Waals surface area (Å²) in [5.41, 5.74) is 0.957. The third kappa shape index (κ3) is 6.89. The van der Waals surface area contributed by atoms with Crippen molar-refractivity contribution in [2.45, 2.75) is 77.2 Å². The molecule has 1 aliphatic rings. The van der Waals surface area contributed by atoms with Gasteiger partial charge in [-0.3, -0.25) is 0 Å². The Morgan fingerprint density at radius 1 is 0.880 bits per heavy atom. The van der Waals surface area contributed by atoms with Gasteiger partial charge < -0.3 is 9.47 Å². The van der Waals surface area contributed by atoms with Gasteiger partial charge in [-0.1, -0.05) is 45.4 Å². The molecule has 0 spiro atoms. The first kappa shape index (κ1) is 19.5. The summed E-state index contributed by atoms with van der Waals surface area (Å²) < 4.78 is 10.6. The molecule has 1 aromatic rings. The molecule has 0 atom stereocenters. The molecular weight excluding hydrogens is 316 g/mol. The maximum atomic E-state index is 12.0. The Morgan fingerprint density at radius 2 is 1.44 bits per heavy atom. The number of carbonyl (C=O) groups excluding carboxylic acids is 2. The molecule has 4 nitrogen and oxygen atoms in total. The molecule has 0 saturated heterocycles. The van der Waals surface area contributed by atoms with Gasteiger partial charge in [-0.25, -0.2) is 9.59 Å². The van der Waals surface area contributed by atoms with Crippen molar-refractivity contribution in [1.29, 1.82) is 0 Å². The predicted octanol–water partition coefficient (Wildman–Crippen LogP) is 5.30. The van der Waals surface area contributed by atoms with Gasteiger partial charge >= 0.3 is 11.9 Å². The van der Waals surface area contributed by atoms with Crippen LogP contribution < -0.4 is 0 Å². The fraction of sp³-hybridized carbons (Fsp3) is 0.619. The second-order valence-electron chi connectivity index (χ2n) is 6.79. The molecule has 0 amide bonds. The summed E-state index contributed by atoms with van der Waals surface area (Å²) in [6.45, 7) is 2.67. The van der Waals surface area contributed by atoms with Crippen LogP contribution in [0.1, 0.15) is 91.8 Å². The third-order valence-corrected chi connectivity index (χ3v) is 4.66. The van der Waals surface area contributed by atoms with Crippen LogP contribution in [0.3, 0.4) is 0 Å². The van der Waals surface area contributed by atoms with Crippen molar-refractivity contribution in [2.75, 3.05) is 6.61 Å². The number of esters is 2. The number of hydrogen-bond acceptors (Lipinski definition) is 4. The Balaban J connectivity index is 1.63. The van der Waals surface area contributed by atoms with Crippen LogP contribution in [0.25, 0.3) is 0 Å². The van der Waals surface area contributed by atoms with Crippen LogP contribution in [0.15, 0.2) is 24.3 Å². The van der Waals surface area contributed by atoms with E-state index in [0.29, 0.717) is 17.7 Å². The molecule has 138 valence electrons. The lowest BCUT2D eigenvalue weighted by Gasteiger charge is -2.25. The zero-order chi connectivity index (χ0) is 17.9. The fourth-order valence-corrected chi connectivity index (χ4v) is 2.76. The van der Waals surface area contributed by atoms with Crippen molar-refractivity contribution in [3.05, 3.63) is 35.4 Å². The van der Waals surface area contributed by atoms with Crippen LogP contribution >= 0.6 is 0 Å². The second kappa shape index (κ2) is 10.9. The molecule has 0 bridgehead atoms. The molecule has 0 aromatic heterocycles. The molecule has 1 fully saturated rings. The van der Waals surface area contributed by atoms with Gasteiger partial charge in [0.1, 0.15) is 6.10 Å². The van der Waals surface area contributed by atoms with E-state index in [1.807, 2.05) is 0 Å². The van der Waals surface area contributed by atoms with E-state index in [4.69, 9.17) is 9.47 Å². The highest BCUT2D eigenvalue weighted by molar-refractivity contribution is 5.93. The first-order chi connectivity index (χ1) is 12.2. The number of rotatable bonds is 11. The Labute approximate surface area is 150 Å². The van der Waals surface area contributed by atoms with E-state index in [0.717, 1.165) is 32.1 Å². The first-order valence-corrected chi connectivity index (χ1v) is 9.69. The standard InChI is InChI=1S/C21H30O4/c1-2-3-4-5-6-7-8-16-24-20(22)17-12-14-18(15-13-17)21(23)25-19-10-9-11-19/h12-15,19H,2-11,16H2,1H3. The average Bonchev–Trinajstić information content (AvgIpc) is 2.60. The van der Waals surface area contributed by atoms with E-state index >= 15 is 0 Å². The van der Waals surface area contributed by atoms with Gasteiger partial charge in [-0.15, -0.1) is 0 Å². The Bertz CT molecular complexity index is 531. The van der Waals surface area contributed by atoms with E-state index in [2.05, 4.69) is 6.92 Å². The molecular formula is C21H30O4. The maximum Gasteiger partial charge on any atom is 0.338 e. The Kier molecular flexibility index (Phi) is 8.50. The van der Waals surface area contributed by atoms with E-state index in [-0.39, 0.29) is 18.0 Å². The van der Waals surface area contributed by atoms with Gasteiger partial charge in [0.2, 0.25) is 0 Å². The normalized spacial score (nSPS) is 14.0. The van der Waals surface area contributed by atoms with Gasteiger partial charge in [0, 0.05) is 0 Å². The Hall–Kier alpha value is -1.84. The molecule has 0 radical (unpaired) electrons.